The monoisotopic (exact) mass is 714 g/mol. The summed E-state index contributed by atoms with van der Waals surface area (Å²) in [5.41, 5.74) is 3.35. The van der Waals surface area contributed by atoms with Gasteiger partial charge in [0.25, 0.3) is 11.8 Å². The third-order valence-corrected chi connectivity index (χ3v) is 10.7. The lowest BCUT2D eigenvalue weighted by Crippen LogP contribution is -2.54. The Hall–Kier alpha value is -5.25. The van der Waals surface area contributed by atoms with E-state index in [0.717, 1.165) is 31.5 Å². The molecular weight excluding hydrogens is 684 g/mol. The molecule has 3 aliphatic heterocycles. The molecule has 0 spiro atoms. The highest BCUT2D eigenvalue weighted by Gasteiger charge is 2.45. The van der Waals surface area contributed by atoms with Gasteiger partial charge in [-0.2, -0.15) is 0 Å². The third kappa shape index (κ3) is 5.76. The van der Waals surface area contributed by atoms with Crippen molar-refractivity contribution in [3.05, 3.63) is 91.8 Å². The number of aromatic nitrogens is 3. The van der Waals surface area contributed by atoms with Crippen molar-refractivity contribution in [3.8, 4) is 5.00 Å². The van der Waals surface area contributed by atoms with Gasteiger partial charge in [0.05, 0.1) is 29.8 Å². The van der Waals surface area contributed by atoms with Gasteiger partial charge in [-0.3, -0.25) is 54.2 Å². The number of rotatable bonds is 7. The van der Waals surface area contributed by atoms with E-state index in [4.69, 9.17) is 11.6 Å². The Morgan fingerprint density at radius 2 is 1.76 bits per heavy atom. The summed E-state index contributed by atoms with van der Waals surface area (Å²) >= 11 is 7.82. The molecule has 2 aromatic heterocycles. The summed E-state index contributed by atoms with van der Waals surface area (Å²) in [6, 6.07) is 9.95. The zero-order valence-electron chi connectivity index (χ0n) is 27.1. The number of nitrogens with one attached hydrogen (secondary N) is 4. The first-order valence-corrected chi connectivity index (χ1v) is 17.1. The molecular formula is C34H31ClN8O6S. The molecule has 1 saturated heterocycles. The van der Waals surface area contributed by atoms with E-state index in [1.807, 2.05) is 35.8 Å². The molecule has 6 amide bonds. The molecule has 0 radical (unpaired) electrons. The fourth-order valence-electron chi connectivity index (χ4n) is 6.69. The van der Waals surface area contributed by atoms with E-state index < -0.39 is 54.1 Å². The number of benzene rings is 2. The summed E-state index contributed by atoms with van der Waals surface area (Å²) in [5, 5.41) is 21.3. The molecule has 3 unspecified atom stereocenters. The van der Waals surface area contributed by atoms with Crippen molar-refractivity contribution in [3.63, 3.8) is 0 Å². The van der Waals surface area contributed by atoms with Crippen LogP contribution in [0.2, 0.25) is 5.02 Å². The van der Waals surface area contributed by atoms with Gasteiger partial charge in [-0.1, -0.05) is 29.8 Å². The van der Waals surface area contributed by atoms with E-state index in [1.165, 1.54) is 12.1 Å². The van der Waals surface area contributed by atoms with Crippen LogP contribution in [-0.4, -0.2) is 67.7 Å². The van der Waals surface area contributed by atoms with E-state index >= 15 is 0 Å². The third-order valence-electron chi connectivity index (χ3n) is 9.21. The van der Waals surface area contributed by atoms with Crippen LogP contribution < -0.4 is 21.3 Å². The van der Waals surface area contributed by atoms with Crippen LogP contribution in [0.1, 0.15) is 85.3 Å². The van der Waals surface area contributed by atoms with Crippen molar-refractivity contribution in [1.29, 1.82) is 0 Å². The second-order valence-corrected chi connectivity index (χ2v) is 14.0. The number of nitrogens with zero attached hydrogens (tertiary/aromatic N) is 4. The van der Waals surface area contributed by atoms with Gasteiger partial charge in [0.2, 0.25) is 23.6 Å². The molecule has 0 bridgehead atoms. The van der Waals surface area contributed by atoms with E-state index in [2.05, 4.69) is 45.3 Å². The number of carbonyl (C=O) groups excluding carboxylic acids is 6. The fraction of sp³-hybridized carbons (Fsp3) is 0.294. The molecule has 0 aliphatic carbocycles. The Labute approximate surface area is 294 Å². The zero-order valence-corrected chi connectivity index (χ0v) is 28.7. The summed E-state index contributed by atoms with van der Waals surface area (Å²) in [5.74, 6) is -2.62. The fourth-order valence-corrected chi connectivity index (χ4v) is 8.07. The number of anilines is 1. The SMILES string of the molecule is Cc1sc2c(c1C)C(c1ccc(Cl)cc1)NC(CC(=O)NC(=O)CNc1cccc3c1C(=O)N(C1CCC(=O)NC1=O)C3=O)c1nnc(C)n1-2. The van der Waals surface area contributed by atoms with E-state index in [-0.39, 0.29) is 42.1 Å². The van der Waals surface area contributed by atoms with E-state index in [0.29, 0.717) is 16.7 Å². The smallest absolute Gasteiger partial charge is 0.264 e. The average Bonchev–Trinajstić information content (AvgIpc) is 3.65. The summed E-state index contributed by atoms with van der Waals surface area (Å²) < 4.78 is 1.95. The number of imide groups is 3. The molecule has 7 rings (SSSR count). The number of hydrogen-bond acceptors (Lipinski definition) is 11. The van der Waals surface area contributed by atoms with Crippen LogP contribution in [0.5, 0.6) is 0 Å². The van der Waals surface area contributed by atoms with Crippen molar-refractivity contribution in [2.24, 2.45) is 0 Å². The molecule has 3 atom stereocenters. The number of carbonyl (C=O) groups is 6. The molecule has 2 aromatic carbocycles. The quantitative estimate of drug-likeness (QED) is 0.207. The van der Waals surface area contributed by atoms with Crippen molar-refractivity contribution < 1.29 is 28.8 Å². The Morgan fingerprint density at radius 3 is 2.50 bits per heavy atom. The second-order valence-electron chi connectivity index (χ2n) is 12.4. The predicted octanol–water partition coefficient (Wildman–Crippen LogP) is 3.19. The number of fused-ring (bicyclic) bond motifs is 4. The van der Waals surface area contributed by atoms with Crippen molar-refractivity contribution in [2.45, 2.75) is 58.2 Å². The van der Waals surface area contributed by atoms with Crippen LogP contribution in [0.3, 0.4) is 0 Å². The van der Waals surface area contributed by atoms with Crippen LogP contribution in [0, 0.1) is 20.8 Å². The maximum absolute atomic E-state index is 13.4. The van der Waals surface area contributed by atoms with Gasteiger partial charge in [0.15, 0.2) is 5.82 Å². The topological polar surface area (TPSA) is 184 Å². The highest BCUT2D eigenvalue weighted by atomic mass is 35.5. The average molecular weight is 715 g/mol. The Bertz CT molecular complexity index is 2130. The highest BCUT2D eigenvalue weighted by molar-refractivity contribution is 7.14. The highest BCUT2D eigenvalue weighted by Crippen LogP contribution is 2.43. The lowest BCUT2D eigenvalue weighted by molar-refractivity contribution is -0.136. The number of hydrogen-bond donors (Lipinski definition) is 4. The van der Waals surface area contributed by atoms with E-state index in [9.17, 15) is 28.8 Å². The first-order chi connectivity index (χ1) is 23.9. The van der Waals surface area contributed by atoms with Gasteiger partial charge in [-0.05, 0) is 62.6 Å². The van der Waals surface area contributed by atoms with Crippen LogP contribution in [0.25, 0.3) is 5.00 Å². The first-order valence-electron chi connectivity index (χ1n) is 15.9. The number of aryl methyl sites for hydroxylation is 2. The van der Waals surface area contributed by atoms with E-state index in [1.54, 1.807) is 17.4 Å². The van der Waals surface area contributed by atoms with Gasteiger partial charge in [0, 0.05) is 34.0 Å². The van der Waals surface area contributed by atoms with Gasteiger partial charge >= 0.3 is 0 Å². The molecule has 4 N–H and O–H groups in total. The minimum absolute atomic E-state index is 0.00456. The summed E-state index contributed by atoms with van der Waals surface area (Å²) in [6.45, 7) is 5.58. The lowest BCUT2D eigenvalue weighted by atomic mass is 9.96. The summed E-state index contributed by atoms with van der Waals surface area (Å²) in [6.07, 6.45) is -0.133. The zero-order chi connectivity index (χ0) is 35.4. The molecule has 0 saturated carbocycles. The van der Waals surface area contributed by atoms with Gasteiger partial charge in [-0.15, -0.1) is 21.5 Å². The van der Waals surface area contributed by atoms with Crippen LogP contribution in [0.15, 0.2) is 42.5 Å². The molecule has 14 nitrogen and oxygen atoms in total. The van der Waals surface area contributed by atoms with Gasteiger partial charge in [-0.25, -0.2) is 0 Å². The second kappa shape index (κ2) is 12.9. The molecule has 50 heavy (non-hydrogen) atoms. The van der Waals surface area contributed by atoms with Crippen LogP contribution in [-0.2, 0) is 19.2 Å². The summed E-state index contributed by atoms with van der Waals surface area (Å²) in [4.78, 5) is 79.0. The van der Waals surface area contributed by atoms with Gasteiger partial charge < -0.3 is 5.32 Å². The molecule has 1 fully saturated rings. The van der Waals surface area contributed by atoms with Crippen LogP contribution >= 0.6 is 22.9 Å². The summed E-state index contributed by atoms with van der Waals surface area (Å²) in [7, 11) is 0. The number of piperidine rings is 1. The Balaban J connectivity index is 1.07. The minimum atomic E-state index is -1.13. The predicted molar refractivity (Wildman–Crippen MR) is 182 cm³/mol. The van der Waals surface area contributed by atoms with Crippen LogP contribution in [0.4, 0.5) is 5.69 Å². The largest absolute Gasteiger partial charge is 0.375 e. The minimum Gasteiger partial charge on any atom is -0.375 e. The number of thiophene rings is 1. The van der Waals surface area contributed by atoms with Crippen molar-refractivity contribution >= 4 is 64.1 Å². The first kappa shape index (κ1) is 33.3. The standard InChI is InChI=1S/C34H31ClN8O6S/c1-15-16(2)50-34-27(15)29(18-7-9-19(35)10-8-18)37-22(30-41-40-17(3)42(30)34)13-25(45)38-26(46)14-36-21-6-4-5-20-28(21)33(49)43(32(20)48)23-11-12-24(44)39-31(23)47/h4-10,22-23,29,36-37H,11-14H2,1-3H3,(H,38,45,46)(H,39,44,47). The maximum atomic E-state index is 13.4. The Kier molecular flexibility index (Phi) is 8.58. The van der Waals surface area contributed by atoms with Gasteiger partial charge in [0.1, 0.15) is 16.9 Å². The van der Waals surface area contributed by atoms with Crippen molar-refractivity contribution in [1.82, 2.24) is 35.6 Å². The number of halogens is 1. The molecule has 256 valence electrons. The molecule has 5 heterocycles. The maximum Gasteiger partial charge on any atom is 0.264 e. The molecule has 16 heteroatoms. The number of amides is 6. The van der Waals surface area contributed by atoms with Crippen molar-refractivity contribution in [2.75, 3.05) is 11.9 Å². The normalized spacial score (nSPS) is 19.8. The Morgan fingerprint density at radius 1 is 1.00 bits per heavy atom. The lowest BCUT2D eigenvalue weighted by Gasteiger charge is -2.27. The molecule has 4 aromatic rings. The molecule has 3 aliphatic rings.